The van der Waals surface area contributed by atoms with Crippen LogP contribution < -0.4 is 5.32 Å². The summed E-state index contributed by atoms with van der Waals surface area (Å²) in [5.74, 6) is -1.47. The van der Waals surface area contributed by atoms with E-state index < -0.39 is 17.9 Å². The summed E-state index contributed by atoms with van der Waals surface area (Å²) in [6, 6.07) is 7.91. The Kier molecular flexibility index (Phi) is 4.88. The molecule has 0 aliphatic heterocycles. The van der Waals surface area contributed by atoms with Crippen molar-refractivity contribution in [1.82, 2.24) is 10.3 Å². The van der Waals surface area contributed by atoms with Gasteiger partial charge in [0.05, 0.1) is 0 Å². The fourth-order valence-corrected chi connectivity index (χ4v) is 2.11. The Bertz CT molecular complexity index is 684. The van der Waals surface area contributed by atoms with Crippen molar-refractivity contribution in [3.05, 3.63) is 65.0 Å². The standard InChI is InChI=1S/C17H18N2O3/c1-11-3-4-13(9-12(11)2)10-15(17(21)22)19-16(20)14-5-7-18-8-6-14/h3-9,15H,10H2,1-2H3,(H,19,20)(H,21,22)/t15-/m0/s1. The van der Waals surface area contributed by atoms with Crippen LogP contribution in [0.15, 0.2) is 42.7 Å². The molecule has 22 heavy (non-hydrogen) atoms. The van der Waals surface area contributed by atoms with Crippen molar-refractivity contribution >= 4 is 11.9 Å². The van der Waals surface area contributed by atoms with Gasteiger partial charge < -0.3 is 10.4 Å². The van der Waals surface area contributed by atoms with Gasteiger partial charge in [0.25, 0.3) is 5.91 Å². The fourth-order valence-electron chi connectivity index (χ4n) is 2.11. The van der Waals surface area contributed by atoms with Crippen molar-refractivity contribution in [2.24, 2.45) is 0 Å². The van der Waals surface area contributed by atoms with Crippen LogP contribution in [0.2, 0.25) is 0 Å². The number of carboxylic acids is 1. The van der Waals surface area contributed by atoms with E-state index in [0.29, 0.717) is 5.56 Å². The van der Waals surface area contributed by atoms with E-state index in [2.05, 4.69) is 10.3 Å². The summed E-state index contributed by atoms with van der Waals surface area (Å²) >= 11 is 0. The largest absolute Gasteiger partial charge is 0.480 e. The number of carboxylic acid groups (broad SMARTS) is 1. The zero-order chi connectivity index (χ0) is 16.1. The average molecular weight is 298 g/mol. The van der Waals surface area contributed by atoms with Crippen LogP contribution in [0.3, 0.4) is 0 Å². The monoisotopic (exact) mass is 298 g/mol. The maximum atomic E-state index is 12.1. The quantitative estimate of drug-likeness (QED) is 0.886. The Morgan fingerprint density at radius 1 is 1.14 bits per heavy atom. The Morgan fingerprint density at radius 3 is 2.41 bits per heavy atom. The van der Waals surface area contributed by atoms with Gasteiger partial charge in [-0.2, -0.15) is 0 Å². The topological polar surface area (TPSA) is 79.3 Å². The third-order valence-corrected chi connectivity index (χ3v) is 3.56. The highest BCUT2D eigenvalue weighted by Gasteiger charge is 2.21. The second-order valence-corrected chi connectivity index (χ2v) is 5.22. The lowest BCUT2D eigenvalue weighted by Crippen LogP contribution is -2.42. The summed E-state index contributed by atoms with van der Waals surface area (Å²) < 4.78 is 0. The minimum absolute atomic E-state index is 0.243. The van der Waals surface area contributed by atoms with Gasteiger partial charge in [0.1, 0.15) is 6.04 Å². The van der Waals surface area contributed by atoms with Crippen LogP contribution in [0.4, 0.5) is 0 Å². The zero-order valence-corrected chi connectivity index (χ0v) is 12.5. The van der Waals surface area contributed by atoms with Crippen LogP contribution in [0.5, 0.6) is 0 Å². The van der Waals surface area contributed by atoms with Gasteiger partial charge in [0.15, 0.2) is 0 Å². The molecule has 0 spiro atoms. The van der Waals surface area contributed by atoms with Gasteiger partial charge in [0.2, 0.25) is 0 Å². The number of carbonyl (C=O) groups excluding carboxylic acids is 1. The van der Waals surface area contributed by atoms with E-state index in [-0.39, 0.29) is 6.42 Å². The van der Waals surface area contributed by atoms with Crippen LogP contribution in [0, 0.1) is 13.8 Å². The van der Waals surface area contributed by atoms with Gasteiger partial charge in [-0.25, -0.2) is 4.79 Å². The third kappa shape index (κ3) is 3.91. The van der Waals surface area contributed by atoms with E-state index in [1.165, 1.54) is 12.4 Å². The lowest BCUT2D eigenvalue weighted by molar-refractivity contribution is -0.139. The highest BCUT2D eigenvalue weighted by Crippen LogP contribution is 2.12. The van der Waals surface area contributed by atoms with Crippen LogP contribution in [0.1, 0.15) is 27.0 Å². The summed E-state index contributed by atoms with van der Waals surface area (Å²) in [4.78, 5) is 27.3. The predicted octanol–water partition coefficient (Wildman–Crippen LogP) is 2.12. The summed E-state index contributed by atoms with van der Waals surface area (Å²) in [6.07, 6.45) is 3.23. The van der Waals surface area contributed by atoms with Crippen molar-refractivity contribution in [2.75, 3.05) is 0 Å². The molecule has 1 heterocycles. The maximum absolute atomic E-state index is 12.1. The lowest BCUT2D eigenvalue weighted by atomic mass is 10.0. The number of nitrogens with zero attached hydrogens (tertiary/aromatic N) is 1. The molecule has 1 atom stereocenters. The Labute approximate surface area is 129 Å². The fraction of sp³-hybridized carbons (Fsp3) is 0.235. The van der Waals surface area contributed by atoms with Crippen LogP contribution >= 0.6 is 0 Å². The predicted molar refractivity (Wildman–Crippen MR) is 82.7 cm³/mol. The molecule has 2 rings (SSSR count). The molecule has 0 aliphatic rings. The van der Waals surface area contributed by atoms with Gasteiger partial charge in [-0.05, 0) is 42.7 Å². The molecule has 1 aromatic carbocycles. The third-order valence-electron chi connectivity index (χ3n) is 3.56. The summed E-state index contributed by atoms with van der Waals surface area (Å²) in [5.41, 5.74) is 3.52. The highest BCUT2D eigenvalue weighted by molar-refractivity contribution is 5.96. The van der Waals surface area contributed by atoms with Crippen LogP contribution in [0.25, 0.3) is 0 Å². The van der Waals surface area contributed by atoms with Gasteiger partial charge in [-0.1, -0.05) is 18.2 Å². The molecular formula is C17H18N2O3. The minimum atomic E-state index is -1.05. The number of aryl methyl sites for hydroxylation is 2. The molecule has 0 unspecified atom stereocenters. The second-order valence-electron chi connectivity index (χ2n) is 5.22. The maximum Gasteiger partial charge on any atom is 0.326 e. The second kappa shape index (κ2) is 6.85. The Morgan fingerprint density at radius 2 is 1.82 bits per heavy atom. The number of amides is 1. The minimum Gasteiger partial charge on any atom is -0.480 e. The Hall–Kier alpha value is -2.69. The van der Waals surface area contributed by atoms with Crippen molar-refractivity contribution in [3.63, 3.8) is 0 Å². The molecule has 2 aromatic rings. The number of pyridine rings is 1. The zero-order valence-electron chi connectivity index (χ0n) is 12.5. The molecular weight excluding hydrogens is 280 g/mol. The van der Waals surface area contributed by atoms with E-state index >= 15 is 0 Å². The number of aromatic nitrogens is 1. The molecule has 0 saturated heterocycles. The van der Waals surface area contributed by atoms with E-state index in [0.717, 1.165) is 16.7 Å². The lowest BCUT2D eigenvalue weighted by Gasteiger charge is -2.15. The Balaban J connectivity index is 2.12. The molecule has 0 aliphatic carbocycles. The number of benzene rings is 1. The first-order valence-electron chi connectivity index (χ1n) is 6.97. The van der Waals surface area contributed by atoms with Gasteiger partial charge in [-0.15, -0.1) is 0 Å². The molecule has 114 valence electrons. The SMILES string of the molecule is Cc1ccc(C[C@H](NC(=O)c2ccncc2)C(=O)O)cc1C. The molecule has 0 fully saturated rings. The number of aliphatic carboxylic acids is 1. The van der Waals surface area contributed by atoms with Crippen molar-refractivity contribution in [3.8, 4) is 0 Å². The number of rotatable bonds is 5. The first-order valence-corrected chi connectivity index (χ1v) is 6.97. The summed E-state index contributed by atoms with van der Waals surface area (Å²) in [6.45, 7) is 3.98. The molecule has 5 nitrogen and oxygen atoms in total. The van der Waals surface area contributed by atoms with Gasteiger partial charge >= 0.3 is 5.97 Å². The van der Waals surface area contributed by atoms with Gasteiger partial charge in [0, 0.05) is 24.4 Å². The molecule has 2 N–H and O–H groups in total. The molecule has 0 bridgehead atoms. The van der Waals surface area contributed by atoms with Gasteiger partial charge in [-0.3, -0.25) is 9.78 Å². The number of hydrogen-bond donors (Lipinski definition) is 2. The van der Waals surface area contributed by atoms with Crippen molar-refractivity contribution in [1.29, 1.82) is 0 Å². The van der Waals surface area contributed by atoms with Crippen molar-refractivity contribution < 1.29 is 14.7 Å². The highest BCUT2D eigenvalue weighted by atomic mass is 16.4. The average Bonchev–Trinajstić information content (AvgIpc) is 2.51. The number of nitrogens with one attached hydrogen (secondary N) is 1. The number of carbonyl (C=O) groups is 2. The summed E-state index contributed by atoms with van der Waals surface area (Å²) in [7, 11) is 0. The first kappa shape index (κ1) is 15.7. The van der Waals surface area contributed by atoms with Crippen LogP contribution in [-0.2, 0) is 11.2 Å². The molecule has 1 aromatic heterocycles. The number of hydrogen-bond acceptors (Lipinski definition) is 3. The van der Waals surface area contributed by atoms with E-state index in [9.17, 15) is 14.7 Å². The molecule has 0 saturated carbocycles. The van der Waals surface area contributed by atoms with E-state index in [1.807, 2.05) is 32.0 Å². The molecule has 0 radical (unpaired) electrons. The molecule has 1 amide bonds. The summed E-state index contributed by atoms with van der Waals surface area (Å²) in [5, 5.41) is 11.9. The normalized spacial score (nSPS) is 11.7. The van der Waals surface area contributed by atoms with E-state index in [1.54, 1.807) is 12.1 Å². The first-order chi connectivity index (χ1) is 10.5. The van der Waals surface area contributed by atoms with E-state index in [4.69, 9.17) is 0 Å². The smallest absolute Gasteiger partial charge is 0.326 e. The molecule has 5 heteroatoms. The van der Waals surface area contributed by atoms with Crippen LogP contribution in [-0.4, -0.2) is 28.0 Å². The van der Waals surface area contributed by atoms with Crippen molar-refractivity contribution in [2.45, 2.75) is 26.3 Å².